The number of aliphatic hydroxyl groups is 1. The van der Waals surface area contributed by atoms with Crippen molar-refractivity contribution < 1.29 is 28.6 Å². The molecule has 1 aromatic heterocycles. The third kappa shape index (κ3) is 5.91. The minimum atomic E-state index is -0.872. The second kappa shape index (κ2) is 11.5. The zero-order valence-electron chi connectivity index (χ0n) is 21.2. The van der Waals surface area contributed by atoms with E-state index >= 15 is 0 Å². The highest BCUT2D eigenvalue weighted by Crippen LogP contribution is 2.35. The maximum absolute atomic E-state index is 12.8. The lowest BCUT2D eigenvalue weighted by molar-refractivity contribution is -0.153. The number of nitrogens with one attached hydrogen (secondary N) is 1. The number of furan rings is 1. The molecule has 36 heavy (non-hydrogen) atoms. The molecule has 2 amide bonds. The number of aryl methyl sites for hydroxylation is 1. The van der Waals surface area contributed by atoms with Crippen LogP contribution in [0.25, 0.3) is 11.3 Å². The van der Waals surface area contributed by atoms with Crippen LogP contribution >= 0.6 is 0 Å². The number of nitrogens with two attached hydrogens (primary N) is 1. The Morgan fingerprint density at radius 3 is 2.72 bits per heavy atom. The highest BCUT2D eigenvalue weighted by molar-refractivity contribution is 5.91. The van der Waals surface area contributed by atoms with Gasteiger partial charge in [0.25, 0.3) is 0 Å². The summed E-state index contributed by atoms with van der Waals surface area (Å²) >= 11 is 0. The molecule has 9 nitrogen and oxygen atoms in total. The SMILES string of the molecule is CCCCCc1ccc(-c2cc3c(o2)NC(=O)N([C@H]2C[C@H](O)[C@@H](COC(=O)[C@@H](N)C(C)C)O2)C3)cc1. The third-order valence-corrected chi connectivity index (χ3v) is 6.87. The van der Waals surface area contributed by atoms with E-state index in [0.717, 1.165) is 17.5 Å². The summed E-state index contributed by atoms with van der Waals surface area (Å²) in [4.78, 5) is 26.4. The van der Waals surface area contributed by atoms with E-state index in [9.17, 15) is 14.7 Å². The lowest BCUT2D eigenvalue weighted by atomic mass is 10.0. The van der Waals surface area contributed by atoms with Crippen LogP contribution in [0.2, 0.25) is 0 Å². The lowest BCUT2D eigenvalue weighted by Gasteiger charge is -2.31. The van der Waals surface area contributed by atoms with Gasteiger partial charge in [-0.3, -0.25) is 15.0 Å². The van der Waals surface area contributed by atoms with Gasteiger partial charge in [-0.2, -0.15) is 0 Å². The van der Waals surface area contributed by atoms with Crippen molar-refractivity contribution >= 4 is 17.9 Å². The first-order valence-electron chi connectivity index (χ1n) is 12.8. The summed E-state index contributed by atoms with van der Waals surface area (Å²) in [6.07, 6.45) is 2.62. The second-order valence-electron chi connectivity index (χ2n) is 10.0. The number of unbranched alkanes of at least 4 members (excludes halogenated alkanes) is 2. The molecule has 196 valence electrons. The quantitative estimate of drug-likeness (QED) is 0.333. The first kappa shape index (κ1) is 26.2. The highest BCUT2D eigenvalue weighted by atomic mass is 16.6. The third-order valence-electron chi connectivity index (χ3n) is 6.87. The number of amides is 2. The number of benzene rings is 1. The number of aliphatic hydroxyl groups excluding tert-OH is 1. The van der Waals surface area contributed by atoms with Crippen LogP contribution in [0.1, 0.15) is 57.6 Å². The maximum Gasteiger partial charge on any atom is 0.326 e. The molecule has 1 fully saturated rings. The van der Waals surface area contributed by atoms with Crippen LogP contribution in [0.5, 0.6) is 0 Å². The first-order valence-corrected chi connectivity index (χ1v) is 12.8. The summed E-state index contributed by atoms with van der Waals surface area (Å²) in [7, 11) is 0. The number of rotatable bonds is 10. The molecule has 4 N–H and O–H groups in total. The summed E-state index contributed by atoms with van der Waals surface area (Å²) in [6, 6.07) is 9.13. The van der Waals surface area contributed by atoms with Crippen LogP contribution in [0.4, 0.5) is 10.7 Å². The number of ether oxygens (including phenoxy) is 2. The van der Waals surface area contributed by atoms with Crippen LogP contribution in [0.3, 0.4) is 0 Å². The number of hydrogen-bond acceptors (Lipinski definition) is 7. The van der Waals surface area contributed by atoms with Gasteiger partial charge in [0, 0.05) is 17.5 Å². The second-order valence-corrected chi connectivity index (χ2v) is 10.0. The van der Waals surface area contributed by atoms with E-state index in [1.807, 2.05) is 32.0 Å². The summed E-state index contributed by atoms with van der Waals surface area (Å²) in [5, 5.41) is 13.2. The fraction of sp³-hybridized carbons (Fsp3) is 0.556. The van der Waals surface area contributed by atoms with Crippen molar-refractivity contribution in [3.8, 4) is 11.3 Å². The van der Waals surface area contributed by atoms with Crippen molar-refractivity contribution in [3.05, 3.63) is 41.5 Å². The molecule has 0 saturated carbocycles. The Morgan fingerprint density at radius 1 is 1.28 bits per heavy atom. The fourth-order valence-electron chi connectivity index (χ4n) is 4.46. The minimum Gasteiger partial charge on any atom is -0.462 e. The number of carbonyl (C=O) groups is 2. The molecule has 9 heteroatoms. The van der Waals surface area contributed by atoms with Gasteiger partial charge < -0.3 is 24.7 Å². The largest absolute Gasteiger partial charge is 0.462 e. The average Bonchev–Trinajstić information content (AvgIpc) is 3.44. The van der Waals surface area contributed by atoms with Crippen LogP contribution in [0.15, 0.2) is 34.7 Å². The van der Waals surface area contributed by atoms with Crippen LogP contribution in [-0.4, -0.2) is 53.1 Å². The Morgan fingerprint density at radius 2 is 2.03 bits per heavy atom. The van der Waals surface area contributed by atoms with Crippen molar-refractivity contribution in [1.82, 2.24) is 4.90 Å². The molecule has 1 aromatic carbocycles. The maximum atomic E-state index is 12.8. The number of urea groups is 1. The Labute approximate surface area is 211 Å². The van der Waals surface area contributed by atoms with Gasteiger partial charge in [-0.25, -0.2) is 4.79 Å². The predicted molar refractivity (Wildman–Crippen MR) is 135 cm³/mol. The van der Waals surface area contributed by atoms with E-state index in [1.54, 1.807) is 0 Å². The van der Waals surface area contributed by atoms with Crippen molar-refractivity contribution in [2.75, 3.05) is 11.9 Å². The van der Waals surface area contributed by atoms with E-state index in [0.29, 0.717) is 11.6 Å². The molecule has 0 aliphatic carbocycles. The molecule has 0 spiro atoms. The van der Waals surface area contributed by atoms with Gasteiger partial charge in [-0.1, -0.05) is 57.9 Å². The van der Waals surface area contributed by atoms with E-state index < -0.39 is 30.4 Å². The molecule has 0 bridgehead atoms. The van der Waals surface area contributed by atoms with Crippen molar-refractivity contribution in [2.45, 2.75) is 83.9 Å². The number of esters is 1. The van der Waals surface area contributed by atoms with Gasteiger partial charge >= 0.3 is 12.0 Å². The molecule has 4 rings (SSSR count). The average molecular weight is 500 g/mol. The molecule has 3 heterocycles. The summed E-state index contributed by atoms with van der Waals surface area (Å²) in [6.45, 7) is 6.01. The highest BCUT2D eigenvalue weighted by Gasteiger charge is 2.42. The standard InChI is InChI=1S/C27H37N3O6/c1-4-5-6-7-17-8-10-18(11-9-17)21-12-19-14-30(27(33)29-25(19)36-21)23-13-20(31)22(35-23)15-34-26(32)24(28)16(2)3/h8-12,16,20,22-24,31H,4-7,13-15,28H2,1-3H3,(H,29,33)/t20-,22+,23+,24-/m0/s1. The topological polar surface area (TPSA) is 127 Å². The van der Waals surface area contributed by atoms with Gasteiger partial charge in [0.05, 0.1) is 12.6 Å². The van der Waals surface area contributed by atoms with Crippen molar-refractivity contribution in [1.29, 1.82) is 0 Å². The number of nitrogens with zero attached hydrogens (tertiary/aromatic N) is 1. The Hall–Kier alpha value is -2.88. The molecule has 0 radical (unpaired) electrons. The minimum absolute atomic E-state index is 0.0607. The van der Waals surface area contributed by atoms with Gasteiger partial charge in [0.2, 0.25) is 5.88 Å². The molecular weight excluding hydrogens is 462 g/mol. The van der Waals surface area contributed by atoms with Gasteiger partial charge in [0.15, 0.2) is 0 Å². The smallest absolute Gasteiger partial charge is 0.326 e. The molecule has 1 saturated heterocycles. The monoisotopic (exact) mass is 499 g/mol. The van der Waals surface area contributed by atoms with E-state index in [-0.39, 0.29) is 31.5 Å². The molecule has 2 aromatic rings. The van der Waals surface area contributed by atoms with Crippen LogP contribution < -0.4 is 11.1 Å². The Balaban J connectivity index is 1.37. The zero-order valence-corrected chi connectivity index (χ0v) is 21.2. The lowest BCUT2D eigenvalue weighted by Crippen LogP contribution is -2.45. The fourth-order valence-corrected chi connectivity index (χ4v) is 4.46. The summed E-state index contributed by atoms with van der Waals surface area (Å²) in [5.74, 6) is 0.505. The molecule has 0 unspecified atom stereocenters. The molecule has 4 atom stereocenters. The predicted octanol–water partition coefficient (Wildman–Crippen LogP) is 4.03. The van der Waals surface area contributed by atoms with E-state index in [2.05, 4.69) is 24.4 Å². The Kier molecular flexibility index (Phi) is 8.33. The van der Waals surface area contributed by atoms with E-state index in [4.69, 9.17) is 19.6 Å². The van der Waals surface area contributed by atoms with Gasteiger partial charge in [-0.05, 0) is 30.4 Å². The van der Waals surface area contributed by atoms with E-state index in [1.165, 1.54) is 29.7 Å². The molecule has 2 aliphatic rings. The summed E-state index contributed by atoms with van der Waals surface area (Å²) in [5.41, 5.74) is 8.88. The van der Waals surface area contributed by atoms with Crippen molar-refractivity contribution in [2.24, 2.45) is 11.7 Å². The molecular formula is C27H37N3O6. The zero-order chi connectivity index (χ0) is 25.8. The number of hydrogen-bond donors (Lipinski definition) is 3. The number of anilines is 1. The number of carbonyl (C=O) groups excluding carboxylic acids is 2. The summed E-state index contributed by atoms with van der Waals surface area (Å²) < 4.78 is 17.1. The van der Waals surface area contributed by atoms with Gasteiger partial charge in [0.1, 0.15) is 30.7 Å². The Bertz CT molecular complexity index is 1050. The van der Waals surface area contributed by atoms with Gasteiger partial charge in [-0.15, -0.1) is 0 Å². The number of fused-ring (bicyclic) bond motifs is 1. The van der Waals surface area contributed by atoms with Crippen LogP contribution in [0, 0.1) is 5.92 Å². The van der Waals surface area contributed by atoms with Crippen molar-refractivity contribution in [3.63, 3.8) is 0 Å². The first-order chi connectivity index (χ1) is 17.3. The van der Waals surface area contributed by atoms with Crippen LogP contribution in [-0.2, 0) is 27.2 Å². The normalized spacial score (nSPS) is 22.4. The molecule has 2 aliphatic heterocycles.